The Labute approximate surface area is 114 Å². The quantitative estimate of drug-likeness (QED) is 0.471. The van der Waals surface area contributed by atoms with Crippen molar-refractivity contribution in [2.45, 2.75) is 4.90 Å². The summed E-state index contributed by atoms with van der Waals surface area (Å²) in [5, 5.41) is 10.8. The zero-order chi connectivity index (χ0) is 13.7. The molecular weight excluding hydrogens is 271 g/mol. The zero-order valence-electron chi connectivity index (χ0n) is 10.4. The Morgan fingerprint density at radius 2 is 2.16 bits per heavy atom. The summed E-state index contributed by atoms with van der Waals surface area (Å²) in [6.07, 6.45) is 0. The lowest BCUT2D eigenvalue weighted by atomic mass is 10.3. The van der Waals surface area contributed by atoms with E-state index < -0.39 is 10.7 Å². The van der Waals surface area contributed by atoms with Crippen molar-refractivity contribution < 1.29 is 14.1 Å². The molecule has 0 aromatic heterocycles. The molecule has 0 amide bonds. The number of hydrogen-bond donors (Lipinski definition) is 0. The molecule has 19 heavy (non-hydrogen) atoms. The van der Waals surface area contributed by atoms with E-state index in [0.717, 1.165) is 44.7 Å². The number of rotatable bonds is 5. The van der Waals surface area contributed by atoms with Gasteiger partial charge >= 0.3 is 0 Å². The Hall–Kier alpha value is -1.18. The van der Waals surface area contributed by atoms with Crippen LogP contribution in [0.2, 0.25) is 0 Å². The van der Waals surface area contributed by atoms with Gasteiger partial charge in [-0.3, -0.25) is 15.0 Å². The van der Waals surface area contributed by atoms with Crippen molar-refractivity contribution in [2.75, 3.05) is 38.6 Å². The van der Waals surface area contributed by atoms with Crippen molar-refractivity contribution in [1.29, 1.82) is 0 Å². The van der Waals surface area contributed by atoms with E-state index in [4.69, 9.17) is 4.74 Å². The number of hydrogen-bond acceptors (Lipinski definition) is 5. The van der Waals surface area contributed by atoms with Gasteiger partial charge in [-0.15, -0.1) is 11.8 Å². The van der Waals surface area contributed by atoms with Crippen molar-refractivity contribution in [1.82, 2.24) is 4.90 Å². The smallest absolute Gasteiger partial charge is 0.285 e. The molecule has 7 heteroatoms. The zero-order valence-corrected chi connectivity index (χ0v) is 11.2. The molecule has 5 nitrogen and oxygen atoms in total. The van der Waals surface area contributed by atoms with E-state index in [9.17, 15) is 14.5 Å². The maximum atomic E-state index is 13.0. The van der Waals surface area contributed by atoms with Crippen LogP contribution in [-0.2, 0) is 4.74 Å². The number of nitro benzene ring substituents is 1. The van der Waals surface area contributed by atoms with E-state index in [-0.39, 0.29) is 5.69 Å². The van der Waals surface area contributed by atoms with Crippen LogP contribution in [0.5, 0.6) is 0 Å². The summed E-state index contributed by atoms with van der Waals surface area (Å²) in [5.41, 5.74) is -0.160. The molecule has 1 aromatic carbocycles. The largest absolute Gasteiger partial charge is 0.379 e. The summed E-state index contributed by atoms with van der Waals surface area (Å²) < 4.78 is 18.2. The van der Waals surface area contributed by atoms with Gasteiger partial charge in [0.25, 0.3) is 5.69 Å². The lowest BCUT2D eigenvalue weighted by molar-refractivity contribution is -0.387. The molecule has 1 aliphatic rings. The third-order valence-corrected chi connectivity index (χ3v) is 3.93. The molecule has 0 saturated carbocycles. The molecule has 1 saturated heterocycles. The molecule has 0 spiro atoms. The van der Waals surface area contributed by atoms with E-state index in [0.29, 0.717) is 4.90 Å². The summed E-state index contributed by atoms with van der Waals surface area (Å²) in [6.45, 7) is 4.11. The van der Waals surface area contributed by atoms with Gasteiger partial charge in [0.2, 0.25) is 0 Å². The lowest BCUT2D eigenvalue weighted by Crippen LogP contribution is -2.37. The molecule has 0 bridgehead atoms. The molecule has 0 atom stereocenters. The highest BCUT2D eigenvalue weighted by atomic mass is 32.2. The third kappa shape index (κ3) is 4.15. The van der Waals surface area contributed by atoms with Gasteiger partial charge in [0.05, 0.1) is 29.1 Å². The Morgan fingerprint density at radius 3 is 2.84 bits per heavy atom. The van der Waals surface area contributed by atoms with E-state index in [1.807, 2.05) is 0 Å². The molecule has 1 aliphatic heterocycles. The minimum atomic E-state index is -0.579. The van der Waals surface area contributed by atoms with Crippen LogP contribution in [-0.4, -0.2) is 48.4 Å². The topological polar surface area (TPSA) is 55.6 Å². The third-order valence-electron chi connectivity index (χ3n) is 2.89. The molecule has 0 unspecified atom stereocenters. The minimum absolute atomic E-state index is 0.160. The van der Waals surface area contributed by atoms with Crippen molar-refractivity contribution in [2.24, 2.45) is 0 Å². The molecule has 0 N–H and O–H groups in total. The average Bonchev–Trinajstić information content (AvgIpc) is 2.41. The Kier molecular flexibility index (Phi) is 5.12. The number of nitrogens with zero attached hydrogens (tertiary/aromatic N) is 2. The van der Waals surface area contributed by atoms with Crippen LogP contribution in [0.25, 0.3) is 0 Å². The number of halogens is 1. The van der Waals surface area contributed by atoms with Crippen molar-refractivity contribution >= 4 is 17.4 Å². The van der Waals surface area contributed by atoms with Crippen LogP contribution in [0.3, 0.4) is 0 Å². The first-order chi connectivity index (χ1) is 9.16. The molecule has 0 aliphatic carbocycles. The molecule has 0 radical (unpaired) electrons. The highest BCUT2D eigenvalue weighted by Gasteiger charge is 2.16. The van der Waals surface area contributed by atoms with Gasteiger partial charge in [-0.2, -0.15) is 0 Å². The first-order valence-electron chi connectivity index (χ1n) is 6.03. The van der Waals surface area contributed by atoms with Gasteiger partial charge in [-0.05, 0) is 12.1 Å². The second-order valence-electron chi connectivity index (χ2n) is 4.17. The monoisotopic (exact) mass is 286 g/mol. The van der Waals surface area contributed by atoms with Crippen molar-refractivity contribution in [3.8, 4) is 0 Å². The van der Waals surface area contributed by atoms with Gasteiger partial charge < -0.3 is 4.74 Å². The number of ether oxygens (including phenoxy) is 1. The van der Waals surface area contributed by atoms with Crippen LogP contribution < -0.4 is 0 Å². The van der Waals surface area contributed by atoms with Crippen LogP contribution in [0.4, 0.5) is 10.1 Å². The standard InChI is InChI=1S/C12H15FN2O3S/c13-10-1-2-12(11(9-10)15(16)17)19-8-5-14-3-6-18-7-4-14/h1-2,9H,3-8H2. The van der Waals surface area contributed by atoms with E-state index >= 15 is 0 Å². The lowest BCUT2D eigenvalue weighted by Gasteiger charge is -2.26. The van der Waals surface area contributed by atoms with Crippen LogP contribution in [0.1, 0.15) is 0 Å². The van der Waals surface area contributed by atoms with Crippen LogP contribution in [0.15, 0.2) is 23.1 Å². The molecule has 2 rings (SSSR count). The summed E-state index contributed by atoms with van der Waals surface area (Å²) >= 11 is 1.39. The first kappa shape index (κ1) is 14.2. The number of nitro groups is 1. The second-order valence-corrected chi connectivity index (χ2v) is 5.31. The number of morpholine rings is 1. The highest BCUT2D eigenvalue weighted by molar-refractivity contribution is 7.99. The normalized spacial score (nSPS) is 16.5. The molecule has 104 valence electrons. The van der Waals surface area contributed by atoms with Gasteiger partial charge in [-0.25, -0.2) is 4.39 Å². The number of benzene rings is 1. The van der Waals surface area contributed by atoms with E-state index in [1.54, 1.807) is 0 Å². The predicted octanol–water partition coefficient (Wildman–Crippen LogP) is 2.16. The Bertz CT molecular complexity index is 453. The minimum Gasteiger partial charge on any atom is -0.379 e. The summed E-state index contributed by atoms with van der Waals surface area (Å²) in [7, 11) is 0. The fourth-order valence-electron chi connectivity index (χ4n) is 1.86. The Balaban J connectivity index is 1.89. The molecule has 1 aromatic rings. The van der Waals surface area contributed by atoms with Gasteiger partial charge in [0.15, 0.2) is 0 Å². The van der Waals surface area contributed by atoms with Gasteiger partial charge in [-0.1, -0.05) is 0 Å². The van der Waals surface area contributed by atoms with Crippen LogP contribution >= 0.6 is 11.8 Å². The van der Waals surface area contributed by atoms with Crippen LogP contribution in [0, 0.1) is 15.9 Å². The molecular formula is C12H15FN2O3S. The molecule has 1 fully saturated rings. The van der Waals surface area contributed by atoms with Crippen molar-refractivity contribution in [3.05, 3.63) is 34.1 Å². The first-order valence-corrected chi connectivity index (χ1v) is 7.02. The van der Waals surface area contributed by atoms with Gasteiger partial charge in [0, 0.05) is 25.4 Å². The van der Waals surface area contributed by atoms with E-state index in [1.165, 1.54) is 23.9 Å². The number of thioether (sulfide) groups is 1. The summed E-state index contributed by atoms with van der Waals surface area (Å²) in [5.74, 6) is 0.163. The fraction of sp³-hybridized carbons (Fsp3) is 0.500. The maximum Gasteiger partial charge on any atom is 0.285 e. The summed E-state index contributed by atoms with van der Waals surface area (Å²) in [4.78, 5) is 13.1. The summed E-state index contributed by atoms with van der Waals surface area (Å²) in [6, 6.07) is 3.69. The Morgan fingerprint density at radius 1 is 1.42 bits per heavy atom. The van der Waals surface area contributed by atoms with Gasteiger partial charge in [0.1, 0.15) is 5.82 Å². The average molecular weight is 286 g/mol. The SMILES string of the molecule is O=[N+]([O-])c1cc(F)ccc1SCCN1CCOCC1. The highest BCUT2D eigenvalue weighted by Crippen LogP contribution is 2.29. The fourth-order valence-corrected chi connectivity index (χ4v) is 2.88. The van der Waals surface area contributed by atoms with Crippen molar-refractivity contribution in [3.63, 3.8) is 0 Å². The maximum absolute atomic E-state index is 13.0. The predicted molar refractivity (Wildman–Crippen MR) is 71.0 cm³/mol. The van der Waals surface area contributed by atoms with E-state index in [2.05, 4.69) is 4.90 Å². The second kappa shape index (κ2) is 6.83. The molecule has 1 heterocycles.